The van der Waals surface area contributed by atoms with Crippen LogP contribution in [0.3, 0.4) is 0 Å². The molecule has 0 radical (unpaired) electrons. The largest absolute Gasteiger partial charge is 0.493 e. The van der Waals surface area contributed by atoms with Gasteiger partial charge in [0.25, 0.3) is 11.1 Å². The number of hydrogen-bond acceptors (Lipinski definition) is 7. The summed E-state index contributed by atoms with van der Waals surface area (Å²) in [5.74, 6) is 1.97. The first-order chi connectivity index (χ1) is 17.9. The van der Waals surface area contributed by atoms with Gasteiger partial charge in [-0.15, -0.1) is 0 Å². The van der Waals surface area contributed by atoms with Crippen molar-refractivity contribution in [1.82, 2.24) is 4.90 Å². The molecular weight excluding hydrogens is 514 g/mol. The highest BCUT2D eigenvalue weighted by atomic mass is 35.5. The van der Waals surface area contributed by atoms with Gasteiger partial charge >= 0.3 is 0 Å². The maximum absolute atomic E-state index is 12.8. The van der Waals surface area contributed by atoms with Crippen molar-refractivity contribution in [3.63, 3.8) is 0 Å². The fourth-order valence-electron chi connectivity index (χ4n) is 3.49. The van der Waals surface area contributed by atoms with Gasteiger partial charge in [0.2, 0.25) is 0 Å². The van der Waals surface area contributed by atoms with Gasteiger partial charge < -0.3 is 18.9 Å². The Labute approximate surface area is 224 Å². The normalized spacial score (nSPS) is 14.2. The van der Waals surface area contributed by atoms with E-state index in [2.05, 4.69) is 0 Å². The number of thioether (sulfide) groups is 1. The number of hydrogen-bond donors (Lipinski definition) is 0. The SMILES string of the molecule is COc1cc(/C=C2\SC(=O)N(CCOc3ccccc3Cl)C2=O)ccc1OCCOc1ccc(C)cc1. The van der Waals surface area contributed by atoms with E-state index in [-0.39, 0.29) is 24.3 Å². The van der Waals surface area contributed by atoms with E-state index in [0.29, 0.717) is 46.0 Å². The van der Waals surface area contributed by atoms with Crippen LogP contribution in [0.4, 0.5) is 4.79 Å². The molecule has 0 saturated carbocycles. The number of imide groups is 1. The molecule has 3 aromatic carbocycles. The third-order valence-electron chi connectivity index (χ3n) is 5.40. The van der Waals surface area contributed by atoms with E-state index in [0.717, 1.165) is 22.4 Å². The van der Waals surface area contributed by atoms with Crippen molar-refractivity contribution >= 4 is 40.6 Å². The first-order valence-electron chi connectivity index (χ1n) is 11.6. The number of amides is 2. The molecule has 2 amide bonds. The van der Waals surface area contributed by atoms with E-state index in [9.17, 15) is 9.59 Å². The molecule has 0 aliphatic carbocycles. The zero-order chi connectivity index (χ0) is 26.2. The van der Waals surface area contributed by atoms with E-state index in [4.69, 9.17) is 30.5 Å². The highest BCUT2D eigenvalue weighted by Crippen LogP contribution is 2.34. The molecule has 0 N–H and O–H groups in total. The van der Waals surface area contributed by atoms with Crippen LogP contribution < -0.4 is 18.9 Å². The molecule has 37 heavy (non-hydrogen) atoms. The highest BCUT2D eigenvalue weighted by Gasteiger charge is 2.34. The molecule has 192 valence electrons. The maximum atomic E-state index is 12.8. The fourth-order valence-corrected chi connectivity index (χ4v) is 4.55. The van der Waals surface area contributed by atoms with Gasteiger partial charge in [-0.05, 0) is 66.7 Å². The second-order valence-electron chi connectivity index (χ2n) is 8.03. The third kappa shape index (κ3) is 6.99. The monoisotopic (exact) mass is 539 g/mol. The Morgan fingerprint density at radius 3 is 2.35 bits per heavy atom. The van der Waals surface area contributed by atoms with Gasteiger partial charge in [-0.25, -0.2) is 0 Å². The minimum Gasteiger partial charge on any atom is -0.493 e. The highest BCUT2D eigenvalue weighted by molar-refractivity contribution is 8.18. The van der Waals surface area contributed by atoms with E-state index in [1.54, 1.807) is 55.7 Å². The van der Waals surface area contributed by atoms with Gasteiger partial charge in [-0.3, -0.25) is 14.5 Å². The summed E-state index contributed by atoms with van der Waals surface area (Å²) in [6.07, 6.45) is 1.66. The number of para-hydroxylation sites is 1. The van der Waals surface area contributed by atoms with Crippen LogP contribution in [0.25, 0.3) is 6.08 Å². The van der Waals surface area contributed by atoms with Crippen LogP contribution in [-0.4, -0.2) is 49.5 Å². The number of rotatable bonds is 11. The van der Waals surface area contributed by atoms with Crippen LogP contribution in [0.1, 0.15) is 11.1 Å². The Morgan fingerprint density at radius 2 is 1.59 bits per heavy atom. The number of carbonyl (C=O) groups is 2. The minimum atomic E-state index is -0.370. The van der Waals surface area contributed by atoms with Crippen molar-refractivity contribution in [2.45, 2.75) is 6.92 Å². The van der Waals surface area contributed by atoms with Crippen LogP contribution in [0, 0.1) is 6.92 Å². The average Bonchev–Trinajstić information content (AvgIpc) is 3.16. The predicted octanol–water partition coefficient (Wildman–Crippen LogP) is 6.23. The number of methoxy groups -OCH3 is 1. The van der Waals surface area contributed by atoms with Crippen molar-refractivity contribution in [3.05, 3.63) is 87.8 Å². The van der Waals surface area contributed by atoms with Gasteiger partial charge in [-0.2, -0.15) is 0 Å². The summed E-state index contributed by atoms with van der Waals surface area (Å²) in [6.45, 7) is 2.99. The zero-order valence-electron chi connectivity index (χ0n) is 20.4. The molecule has 3 aromatic rings. The van der Waals surface area contributed by atoms with Crippen LogP contribution in [-0.2, 0) is 4.79 Å². The molecule has 1 aliphatic rings. The Morgan fingerprint density at radius 1 is 0.865 bits per heavy atom. The molecular formula is C28H26ClNO6S. The number of ether oxygens (including phenoxy) is 4. The second kappa shape index (κ2) is 12.6. The first-order valence-corrected chi connectivity index (χ1v) is 12.8. The Hall–Kier alpha value is -3.62. The van der Waals surface area contributed by atoms with Gasteiger partial charge in [0, 0.05) is 0 Å². The molecule has 0 spiro atoms. The van der Waals surface area contributed by atoms with Crippen molar-refractivity contribution < 1.29 is 28.5 Å². The second-order valence-corrected chi connectivity index (χ2v) is 9.43. The van der Waals surface area contributed by atoms with Crippen molar-refractivity contribution in [3.8, 4) is 23.0 Å². The summed E-state index contributed by atoms with van der Waals surface area (Å²) in [5.41, 5.74) is 1.87. The molecule has 7 nitrogen and oxygen atoms in total. The van der Waals surface area contributed by atoms with Crippen molar-refractivity contribution in [1.29, 1.82) is 0 Å². The third-order valence-corrected chi connectivity index (χ3v) is 6.62. The number of aryl methyl sites for hydroxylation is 1. The van der Waals surface area contributed by atoms with E-state index in [1.807, 2.05) is 31.2 Å². The summed E-state index contributed by atoms with van der Waals surface area (Å²) >= 11 is 6.97. The summed E-state index contributed by atoms with van der Waals surface area (Å²) < 4.78 is 22.6. The lowest BCUT2D eigenvalue weighted by Gasteiger charge is -2.14. The van der Waals surface area contributed by atoms with E-state index in [1.165, 1.54) is 5.56 Å². The van der Waals surface area contributed by atoms with Gasteiger partial charge in [-0.1, -0.05) is 47.5 Å². The van der Waals surface area contributed by atoms with Crippen LogP contribution >= 0.6 is 23.4 Å². The molecule has 0 atom stereocenters. The fraction of sp³-hybridized carbons (Fsp3) is 0.214. The van der Waals surface area contributed by atoms with Crippen molar-refractivity contribution in [2.24, 2.45) is 0 Å². The molecule has 1 fully saturated rings. The molecule has 0 aromatic heterocycles. The molecule has 9 heteroatoms. The molecule has 0 unspecified atom stereocenters. The van der Waals surface area contributed by atoms with E-state index >= 15 is 0 Å². The number of nitrogens with zero attached hydrogens (tertiary/aromatic N) is 1. The quantitative estimate of drug-likeness (QED) is 0.211. The summed E-state index contributed by atoms with van der Waals surface area (Å²) in [6, 6.07) is 20.2. The standard InChI is InChI=1S/C28H26ClNO6S/c1-19-7-10-21(11-8-19)34-15-16-36-24-12-9-20(17-25(24)33-2)18-26-27(31)30(28(32)37-26)13-14-35-23-6-4-3-5-22(23)29/h3-12,17-18H,13-16H2,1-2H3/b26-18-. The van der Waals surface area contributed by atoms with Gasteiger partial charge in [0.05, 0.1) is 23.6 Å². The van der Waals surface area contributed by atoms with Crippen LogP contribution in [0.15, 0.2) is 71.6 Å². The number of halogens is 1. The number of carbonyl (C=O) groups excluding carboxylic acids is 2. The van der Waals surface area contributed by atoms with E-state index < -0.39 is 0 Å². The topological polar surface area (TPSA) is 74.3 Å². The number of benzene rings is 3. The molecule has 4 rings (SSSR count). The molecule has 1 heterocycles. The summed E-state index contributed by atoms with van der Waals surface area (Å²) in [7, 11) is 1.54. The lowest BCUT2D eigenvalue weighted by atomic mass is 10.2. The molecule has 1 saturated heterocycles. The average molecular weight is 540 g/mol. The zero-order valence-corrected chi connectivity index (χ0v) is 22.0. The minimum absolute atomic E-state index is 0.119. The first kappa shape index (κ1) is 26.4. The molecule has 1 aliphatic heterocycles. The summed E-state index contributed by atoms with van der Waals surface area (Å²) in [5, 5.41) is 0.121. The van der Waals surface area contributed by atoms with Crippen molar-refractivity contribution in [2.75, 3.05) is 33.5 Å². The Kier molecular flexibility index (Phi) is 8.98. The smallest absolute Gasteiger partial charge is 0.293 e. The van der Waals surface area contributed by atoms with Gasteiger partial charge in [0.15, 0.2) is 11.5 Å². The Balaban J connectivity index is 1.32. The van der Waals surface area contributed by atoms with Crippen LogP contribution in [0.5, 0.6) is 23.0 Å². The lowest BCUT2D eigenvalue weighted by molar-refractivity contribution is -0.123. The molecule has 0 bridgehead atoms. The predicted molar refractivity (Wildman–Crippen MR) is 145 cm³/mol. The summed E-state index contributed by atoms with van der Waals surface area (Å²) in [4.78, 5) is 26.7. The maximum Gasteiger partial charge on any atom is 0.293 e. The lowest BCUT2D eigenvalue weighted by Crippen LogP contribution is -2.32. The van der Waals surface area contributed by atoms with Crippen LogP contribution in [0.2, 0.25) is 5.02 Å². The van der Waals surface area contributed by atoms with Gasteiger partial charge in [0.1, 0.15) is 31.3 Å². The Bertz CT molecular complexity index is 1290.